The van der Waals surface area contributed by atoms with Gasteiger partial charge in [-0.05, 0) is 59.9 Å². The quantitative estimate of drug-likeness (QED) is 0.442. The van der Waals surface area contributed by atoms with E-state index in [9.17, 15) is 4.79 Å². The lowest BCUT2D eigenvalue weighted by molar-refractivity contribution is -0.111. The largest absolute Gasteiger partial charge is 0.489 e. The van der Waals surface area contributed by atoms with Crippen LogP contribution in [0, 0.1) is 0 Å². The fraction of sp³-hybridized carbons (Fsp3) is 0.192. The Morgan fingerprint density at radius 3 is 2.31 bits per heavy atom. The van der Waals surface area contributed by atoms with E-state index in [2.05, 4.69) is 24.4 Å². The van der Waals surface area contributed by atoms with Gasteiger partial charge in [0, 0.05) is 11.8 Å². The lowest BCUT2D eigenvalue weighted by Crippen LogP contribution is -2.07. The van der Waals surface area contributed by atoms with Gasteiger partial charge in [-0.2, -0.15) is 0 Å². The van der Waals surface area contributed by atoms with Gasteiger partial charge in [-0.3, -0.25) is 4.79 Å². The molecule has 0 heterocycles. The van der Waals surface area contributed by atoms with Gasteiger partial charge in [-0.1, -0.05) is 67.9 Å². The second-order valence-corrected chi connectivity index (χ2v) is 6.97. The number of ether oxygens (including phenoxy) is 1. The van der Waals surface area contributed by atoms with Gasteiger partial charge in [-0.25, -0.2) is 0 Å². The lowest BCUT2D eigenvalue weighted by atomic mass is 10.1. The number of carbonyl (C=O) groups is 1. The third-order valence-corrected chi connectivity index (χ3v) is 4.60. The van der Waals surface area contributed by atoms with Crippen molar-refractivity contribution in [3.05, 3.63) is 102 Å². The SMILES string of the molecule is CCCCc1ccc(NC(=O)/C=C/c2ccc(OCc3ccccc3)cc2)cc1. The molecule has 3 aromatic carbocycles. The molecule has 0 aliphatic rings. The Hall–Kier alpha value is -3.33. The number of rotatable bonds is 9. The van der Waals surface area contributed by atoms with Gasteiger partial charge in [0.05, 0.1) is 0 Å². The molecule has 0 bridgehead atoms. The molecule has 3 heteroatoms. The molecule has 0 saturated carbocycles. The third kappa shape index (κ3) is 6.96. The summed E-state index contributed by atoms with van der Waals surface area (Å²) in [5.41, 5.74) is 4.19. The minimum absolute atomic E-state index is 0.143. The first-order chi connectivity index (χ1) is 14.2. The first-order valence-electron chi connectivity index (χ1n) is 10.1. The first-order valence-corrected chi connectivity index (χ1v) is 10.1. The molecular weight excluding hydrogens is 358 g/mol. The maximum Gasteiger partial charge on any atom is 0.248 e. The van der Waals surface area contributed by atoms with E-state index in [0.717, 1.165) is 29.0 Å². The summed E-state index contributed by atoms with van der Waals surface area (Å²) < 4.78 is 5.78. The van der Waals surface area contributed by atoms with Crippen LogP contribution in [0.2, 0.25) is 0 Å². The normalized spacial score (nSPS) is 10.8. The summed E-state index contributed by atoms with van der Waals surface area (Å²) in [5, 5.41) is 2.89. The highest BCUT2D eigenvalue weighted by Crippen LogP contribution is 2.16. The van der Waals surface area contributed by atoms with Crippen LogP contribution >= 0.6 is 0 Å². The van der Waals surface area contributed by atoms with E-state index in [1.807, 2.05) is 66.7 Å². The van der Waals surface area contributed by atoms with E-state index >= 15 is 0 Å². The van der Waals surface area contributed by atoms with E-state index in [0.29, 0.717) is 6.61 Å². The monoisotopic (exact) mass is 385 g/mol. The molecule has 3 rings (SSSR count). The summed E-state index contributed by atoms with van der Waals surface area (Å²) in [7, 11) is 0. The molecule has 29 heavy (non-hydrogen) atoms. The van der Waals surface area contributed by atoms with Crippen molar-refractivity contribution in [2.45, 2.75) is 32.8 Å². The van der Waals surface area contributed by atoms with E-state index in [-0.39, 0.29) is 5.91 Å². The van der Waals surface area contributed by atoms with Crippen LogP contribution in [-0.2, 0) is 17.8 Å². The zero-order chi connectivity index (χ0) is 20.3. The molecule has 0 radical (unpaired) electrons. The molecule has 0 saturated heterocycles. The van der Waals surface area contributed by atoms with Crippen molar-refractivity contribution in [1.82, 2.24) is 0 Å². The Kier molecular flexibility index (Phi) is 7.64. The van der Waals surface area contributed by atoms with E-state index in [1.54, 1.807) is 12.2 Å². The Labute approximate surface area is 173 Å². The molecule has 3 nitrogen and oxygen atoms in total. The average Bonchev–Trinajstić information content (AvgIpc) is 2.77. The van der Waals surface area contributed by atoms with Crippen molar-refractivity contribution in [3.63, 3.8) is 0 Å². The summed E-state index contributed by atoms with van der Waals surface area (Å²) in [5.74, 6) is 0.661. The number of benzene rings is 3. The molecule has 3 aromatic rings. The van der Waals surface area contributed by atoms with Crippen molar-refractivity contribution in [1.29, 1.82) is 0 Å². The number of unbranched alkanes of at least 4 members (excludes halogenated alkanes) is 1. The number of anilines is 1. The fourth-order valence-corrected chi connectivity index (χ4v) is 2.91. The first kappa shape index (κ1) is 20.4. The Balaban J connectivity index is 1.48. The third-order valence-electron chi connectivity index (χ3n) is 4.60. The van der Waals surface area contributed by atoms with Crippen LogP contribution in [0.3, 0.4) is 0 Å². The number of hydrogen-bond acceptors (Lipinski definition) is 2. The number of aryl methyl sites for hydroxylation is 1. The van der Waals surface area contributed by atoms with E-state index < -0.39 is 0 Å². The number of hydrogen-bond donors (Lipinski definition) is 1. The molecular formula is C26H27NO2. The molecule has 0 aliphatic carbocycles. The van der Waals surface area contributed by atoms with E-state index in [4.69, 9.17) is 4.74 Å². The van der Waals surface area contributed by atoms with Gasteiger partial charge in [-0.15, -0.1) is 0 Å². The molecule has 0 unspecified atom stereocenters. The van der Waals surface area contributed by atoms with Gasteiger partial charge in [0.2, 0.25) is 5.91 Å². The molecule has 1 N–H and O–H groups in total. The highest BCUT2D eigenvalue weighted by molar-refractivity contribution is 6.01. The highest BCUT2D eigenvalue weighted by Gasteiger charge is 2.00. The second-order valence-electron chi connectivity index (χ2n) is 6.97. The minimum atomic E-state index is -0.143. The molecule has 1 amide bonds. The lowest BCUT2D eigenvalue weighted by Gasteiger charge is -2.06. The predicted octanol–water partition coefficient (Wildman–Crippen LogP) is 6.26. The van der Waals surface area contributed by atoms with Crippen LogP contribution in [0.4, 0.5) is 5.69 Å². The van der Waals surface area contributed by atoms with Gasteiger partial charge in [0.25, 0.3) is 0 Å². The molecule has 0 fully saturated rings. The standard InChI is InChI=1S/C26H27NO2/c1-2-3-7-21-10-15-24(16-11-21)27-26(28)19-14-22-12-17-25(18-13-22)29-20-23-8-5-4-6-9-23/h4-6,8-19H,2-3,7,20H2,1H3,(H,27,28)/b19-14+. The minimum Gasteiger partial charge on any atom is -0.489 e. The van der Waals surface area contributed by atoms with Crippen LogP contribution < -0.4 is 10.1 Å². The topological polar surface area (TPSA) is 38.3 Å². The number of carbonyl (C=O) groups excluding carboxylic acids is 1. The summed E-state index contributed by atoms with van der Waals surface area (Å²) in [6.07, 6.45) is 6.79. The zero-order valence-electron chi connectivity index (χ0n) is 16.8. The number of amides is 1. The van der Waals surface area contributed by atoms with Gasteiger partial charge in [0.1, 0.15) is 12.4 Å². The Morgan fingerprint density at radius 1 is 0.897 bits per heavy atom. The molecule has 0 aliphatic heterocycles. The average molecular weight is 386 g/mol. The van der Waals surface area contributed by atoms with Crippen LogP contribution in [0.15, 0.2) is 84.9 Å². The molecule has 148 valence electrons. The van der Waals surface area contributed by atoms with Crippen molar-refractivity contribution >= 4 is 17.7 Å². The molecule has 0 spiro atoms. The van der Waals surface area contributed by atoms with Crippen LogP contribution in [0.25, 0.3) is 6.08 Å². The van der Waals surface area contributed by atoms with Crippen molar-refractivity contribution < 1.29 is 9.53 Å². The maximum atomic E-state index is 12.1. The Bertz CT molecular complexity index is 913. The number of nitrogens with one attached hydrogen (secondary N) is 1. The molecule has 0 aromatic heterocycles. The van der Waals surface area contributed by atoms with Gasteiger partial charge >= 0.3 is 0 Å². The highest BCUT2D eigenvalue weighted by atomic mass is 16.5. The van der Waals surface area contributed by atoms with Crippen molar-refractivity contribution in [2.24, 2.45) is 0 Å². The van der Waals surface area contributed by atoms with Crippen LogP contribution in [0.1, 0.15) is 36.5 Å². The van der Waals surface area contributed by atoms with Crippen molar-refractivity contribution in [2.75, 3.05) is 5.32 Å². The van der Waals surface area contributed by atoms with Gasteiger partial charge < -0.3 is 10.1 Å². The maximum absolute atomic E-state index is 12.1. The van der Waals surface area contributed by atoms with Crippen molar-refractivity contribution in [3.8, 4) is 5.75 Å². The van der Waals surface area contributed by atoms with Crippen LogP contribution in [0.5, 0.6) is 5.75 Å². The summed E-state index contributed by atoms with van der Waals surface area (Å²) in [4.78, 5) is 12.1. The fourth-order valence-electron chi connectivity index (χ4n) is 2.91. The second kappa shape index (κ2) is 10.9. The summed E-state index contributed by atoms with van der Waals surface area (Å²) >= 11 is 0. The van der Waals surface area contributed by atoms with Gasteiger partial charge in [0.15, 0.2) is 0 Å². The van der Waals surface area contributed by atoms with E-state index in [1.165, 1.54) is 18.4 Å². The zero-order valence-corrected chi connectivity index (χ0v) is 16.8. The smallest absolute Gasteiger partial charge is 0.248 e. The summed E-state index contributed by atoms with van der Waals surface area (Å²) in [6, 6.07) is 25.8. The van der Waals surface area contributed by atoms with Crippen LogP contribution in [-0.4, -0.2) is 5.91 Å². The molecule has 0 atom stereocenters. The predicted molar refractivity (Wildman–Crippen MR) is 120 cm³/mol. The summed E-state index contributed by atoms with van der Waals surface area (Å²) in [6.45, 7) is 2.72. The Morgan fingerprint density at radius 2 is 1.62 bits per heavy atom.